The third-order valence-corrected chi connectivity index (χ3v) is 9.09. The molecule has 0 radical (unpaired) electrons. The smallest absolute Gasteiger partial charge is 0.164 e. The van der Waals surface area contributed by atoms with Crippen LogP contribution in [0.3, 0.4) is 0 Å². The van der Waals surface area contributed by atoms with Crippen molar-refractivity contribution in [3.05, 3.63) is 170 Å². The van der Waals surface area contributed by atoms with E-state index in [1.807, 2.05) is 140 Å². The van der Waals surface area contributed by atoms with E-state index in [2.05, 4.69) is 30.3 Å². The Bertz CT molecular complexity index is 2630. The maximum absolute atomic E-state index is 12.3. The van der Waals surface area contributed by atoms with Crippen molar-refractivity contribution >= 4 is 21.9 Å². The van der Waals surface area contributed by atoms with Gasteiger partial charge >= 0.3 is 0 Å². The van der Waals surface area contributed by atoms with Crippen molar-refractivity contribution in [3.63, 3.8) is 0 Å². The highest BCUT2D eigenvalue weighted by molar-refractivity contribution is 6.13. The van der Waals surface area contributed by atoms with Gasteiger partial charge in [-0.1, -0.05) is 146 Å². The van der Waals surface area contributed by atoms with E-state index in [4.69, 9.17) is 19.4 Å². The van der Waals surface area contributed by atoms with Crippen LogP contribution >= 0.6 is 0 Å². The van der Waals surface area contributed by atoms with Gasteiger partial charge in [-0.2, -0.15) is 0 Å². The molecule has 0 saturated carbocycles. The highest BCUT2D eigenvalue weighted by atomic mass is 16.3. The van der Waals surface area contributed by atoms with Crippen LogP contribution in [0, 0.1) is 0 Å². The maximum atomic E-state index is 12.3. The highest BCUT2D eigenvalue weighted by Crippen LogP contribution is 2.47. The van der Waals surface area contributed by atoms with E-state index in [1.54, 1.807) is 0 Å². The van der Waals surface area contributed by atoms with Crippen molar-refractivity contribution in [1.29, 1.82) is 0 Å². The van der Waals surface area contributed by atoms with Crippen molar-refractivity contribution in [1.82, 2.24) is 15.0 Å². The van der Waals surface area contributed by atoms with Crippen molar-refractivity contribution in [2.75, 3.05) is 0 Å². The van der Waals surface area contributed by atoms with E-state index >= 15 is 0 Å². The first-order valence-electron chi connectivity index (χ1n) is 16.5. The molecular weight excluding hydrogens is 615 g/mol. The lowest BCUT2D eigenvalue weighted by Crippen LogP contribution is -2.01. The summed E-state index contributed by atoms with van der Waals surface area (Å²) in [7, 11) is 0. The van der Waals surface area contributed by atoms with Gasteiger partial charge in [-0.25, -0.2) is 15.0 Å². The van der Waals surface area contributed by atoms with Crippen LogP contribution in [0.4, 0.5) is 0 Å². The summed E-state index contributed by atoms with van der Waals surface area (Å²) >= 11 is 0. The molecule has 0 aliphatic carbocycles. The second kappa shape index (κ2) is 12.3. The number of rotatable bonds is 6. The Morgan fingerprint density at radius 1 is 0.360 bits per heavy atom. The molecule has 1 N–H and O–H groups in total. The average molecular weight is 644 g/mol. The van der Waals surface area contributed by atoms with Crippen LogP contribution in [-0.4, -0.2) is 20.1 Å². The molecule has 2 aromatic heterocycles. The summed E-state index contributed by atoms with van der Waals surface area (Å²) in [5.41, 5.74) is 9.33. The number of para-hydroxylation sites is 1. The van der Waals surface area contributed by atoms with Crippen LogP contribution < -0.4 is 0 Å². The normalized spacial score (nSPS) is 11.3. The van der Waals surface area contributed by atoms with Gasteiger partial charge in [0, 0.05) is 38.6 Å². The minimum Gasteiger partial charge on any atom is -0.507 e. The zero-order valence-corrected chi connectivity index (χ0v) is 26.9. The van der Waals surface area contributed by atoms with E-state index in [1.165, 1.54) is 0 Å². The van der Waals surface area contributed by atoms with E-state index in [0.717, 1.165) is 55.3 Å². The van der Waals surface area contributed by atoms with Gasteiger partial charge in [0.05, 0.1) is 0 Å². The number of hydrogen-bond acceptors (Lipinski definition) is 5. The number of hydrogen-bond donors (Lipinski definition) is 1. The lowest BCUT2D eigenvalue weighted by molar-refractivity contribution is 0.479. The minimum atomic E-state index is 0.141. The van der Waals surface area contributed by atoms with Crippen molar-refractivity contribution < 1.29 is 9.52 Å². The number of fused-ring (bicyclic) bond motifs is 3. The average Bonchev–Trinajstić information content (AvgIpc) is 3.58. The zero-order chi connectivity index (χ0) is 33.4. The molecule has 9 rings (SSSR count). The zero-order valence-electron chi connectivity index (χ0n) is 26.9. The van der Waals surface area contributed by atoms with Crippen LogP contribution in [-0.2, 0) is 0 Å². The molecule has 236 valence electrons. The molecule has 0 bridgehead atoms. The van der Waals surface area contributed by atoms with E-state index in [-0.39, 0.29) is 5.75 Å². The number of phenolic OH excluding ortho intramolecular Hbond substituents is 1. The maximum Gasteiger partial charge on any atom is 0.164 e. The van der Waals surface area contributed by atoms with Gasteiger partial charge in [-0.05, 0) is 46.5 Å². The Kier molecular flexibility index (Phi) is 7.21. The van der Waals surface area contributed by atoms with Gasteiger partial charge in [0.2, 0.25) is 0 Å². The molecule has 0 fully saturated rings. The molecule has 0 spiro atoms. The third kappa shape index (κ3) is 5.18. The molecule has 9 aromatic rings. The second-order valence-electron chi connectivity index (χ2n) is 12.1. The van der Waals surface area contributed by atoms with Gasteiger partial charge in [0.1, 0.15) is 16.9 Å². The molecule has 0 unspecified atom stereocenters. The number of benzene rings is 7. The lowest BCUT2D eigenvalue weighted by Gasteiger charge is -2.17. The van der Waals surface area contributed by atoms with Gasteiger partial charge in [-0.3, -0.25) is 0 Å². The molecule has 0 aliphatic rings. The number of aromatic nitrogens is 3. The summed E-state index contributed by atoms with van der Waals surface area (Å²) in [6, 6.07) is 56.3. The van der Waals surface area contributed by atoms with Crippen LogP contribution in [0.15, 0.2) is 174 Å². The lowest BCUT2D eigenvalue weighted by atomic mass is 9.91. The molecule has 5 heteroatoms. The minimum absolute atomic E-state index is 0.141. The third-order valence-electron chi connectivity index (χ3n) is 9.09. The summed E-state index contributed by atoms with van der Waals surface area (Å²) in [4.78, 5) is 15.0. The summed E-state index contributed by atoms with van der Waals surface area (Å²) in [6.45, 7) is 0. The summed E-state index contributed by atoms with van der Waals surface area (Å²) in [5.74, 6) is 1.70. The SMILES string of the molecule is Oc1c(-c2cccc3oc4ccccc4c23)ccc(-c2nc(-c3ccccc3)nc(-c3ccc(-c4ccccc4)cc3)n2)c1-c1ccccc1. The number of aromatic hydroxyl groups is 1. The fourth-order valence-corrected chi connectivity index (χ4v) is 6.68. The molecule has 0 aliphatic heterocycles. The topological polar surface area (TPSA) is 72.0 Å². The fourth-order valence-electron chi connectivity index (χ4n) is 6.68. The molecule has 5 nitrogen and oxygen atoms in total. The standard InChI is InChI=1S/C45H29N3O2/c49-42-35(34-20-12-22-39-41(34)36-19-10-11-21-38(36)50-39)27-28-37(40(42)31-15-6-2-7-16-31)45-47-43(32-17-8-3-9-18-32)46-44(48-45)33-25-23-30(24-26-33)29-13-4-1-5-14-29/h1-28,49H. The van der Waals surface area contributed by atoms with Crippen molar-refractivity contribution in [2.45, 2.75) is 0 Å². The molecule has 0 amide bonds. The van der Waals surface area contributed by atoms with Gasteiger partial charge in [0.25, 0.3) is 0 Å². The van der Waals surface area contributed by atoms with E-state index in [0.29, 0.717) is 34.2 Å². The molecule has 7 aromatic carbocycles. The second-order valence-corrected chi connectivity index (χ2v) is 12.1. The quantitative estimate of drug-likeness (QED) is 0.195. The first-order chi connectivity index (χ1) is 24.7. The molecule has 0 saturated heterocycles. The first kappa shape index (κ1) is 29.3. The first-order valence-corrected chi connectivity index (χ1v) is 16.5. The van der Waals surface area contributed by atoms with Crippen molar-refractivity contribution in [2.24, 2.45) is 0 Å². The van der Waals surface area contributed by atoms with Crippen LogP contribution in [0.25, 0.3) is 89.5 Å². The van der Waals surface area contributed by atoms with Gasteiger partial charge < -0.3 is 9.52 Å². The molecular formula is C45H29N3O2. The predicted molar refractivity (Wildman–Crippen MR) is 201 cm³/mol. The van der Waals surface area contributed by atoms with Crippen molar-refractivity contribution in [3.8, 4) is 73.3 Å². The largest absolute Gasteiger partial charge is 0.507 e. The highest BCUT2D eigenvalue weighted by Gasteiger charge is 2.23. The summed E-state index contributed by atoms with van der Waals surface area (Å²) in [5, 5.41) is 14.3. The van der Waals surface area contributed by atoms with Crippen LogP contribution in [0.2, 0.25) is 0 Å². The predicted octanol–water partition coefficient (Wildman–Crippen LogP) is 11.5. The van der Waals surface area contributed by atoms with E-state index < -0.39 is 0 Å². The number of phenols is 1. The Morgan fingerprint density at radius 2 is 0.860 bits per heavy atom. The Hall–Kier alpha value is -6.85. The number of furan rings is 1. The Balaban J connectivity index is 1.26. The summed E-state index contributed by atoms with van der Waals surface area (Å²) < 4.78 is 6.20. The molecule has 0 atom stereocenters. The summed E-state index contributed by atoms with van der Waals surface area (Å²) in [6.07, 6.45) is 0. The van der Waals surface area contributed by atoms with Crippen LogP contribution in [0.1, 0.15) is 0 Å². The number of nitrogens with zero attached hydrogens (tertiary/aromatic N) is 3. The molecule has 50 heavy (non-hydrogen) atoms. The Labute approximate surface area is 288 Å². The van der Waals surface area contributed by atoms with Crippen LogP contribution in [0.5, 0.6) is 5.75 Å². The van der Waals surface area contributed by atoms with Gasteiger partial charge in [0.15, 0.2) is 17.5 Å². The van der Waals surface area contributed by atoms with E-state index in [9.17, 15) is 5.11 Å². The monoisotopic (exact) mass is 643 g/mol. The molecule has 2 heterocycles. The fraction of sp³-hybridized carbons (Fsp3) is 0. The van der Waals surface area contributed by atoms with Gasteiger partial charge in [-0.15, -0.1) is 0 Å². The Morgan fingerprint density at radius 3 is 1.56 bits per heavy atom.